The van der Waals surface area contributed by atoms with Crippen molar-refractivity contribution in [1.29, 1.82) is 0 Å². The van der Waals surface area contributed by atoms with E-state index in [4.69, 9.17) is 0 Å². The molecule has 0 radical (unpaired) electrons. The van der Waals surface area contributed by atoms with Gasteiger partial charge in [-0.25, -0.2) is 0 Å². The Hall–Kier alpha value is -4.23. The molecule has 2 aliphatic rings. The summed E-state index contributed by atoms with van der Waals surface area (Å²) in [6, 6.07) is 32.7. The Balaban J connectivity index is 1.57. The number of hydrogen-bond donors (Lipinski definition) is 0. The summed E-state index contributed by atoms with van der Waals surface area (Å²) < 4.78 is 0. The monoisotopic (exact) mass is 488 g/mol. The normalized spacial score (nSPS) is 17.8. The average Bonchev–Trinajstić information content (AvgIpc) is 2.92. The first-order valence-corrected chi connectivity index (χ1v) is 13.6. The molecule has 0 saturated carbocycles. The molecule has 0 fully saturated rings. The van der Waals surface area contributed by atoms with Crippen LogP contribution in [0, 0.1) is 20.8 Å². The van der Waals surface area contributed by atoms with Crippen LogP contribution in [0.5, 0.6) is 0 Å². The van der Waals surface area contributed by atoms with Gasteiger partial charge in [-0.15, -0.1) is 0 Å². The first-order chi connectivity index (χ1) is 18.5. The minimum absolute atomic E-state index is 0.263. The third-order valence-electron chi connectivity index (χ3n) is 9.18. The molecular weight excluding hydrogens is 460 g/mol. The topological polar surface area (TPSA) is 17.1 Å². The van der Waals surface area contributed by atoms with E-state index in [2.05, 4.69) is 112 Å². The van der Waals surface area contributed by atoms with E-state index in [0.29, 0.717) is 5.78 Å². The summed E-state index contributed by atoms with van der Waals surface area (Å²) in [5.41, 5.74) is 11.3. The van der Waals surface area contributed by atoms with Gasteiger partial charge in [-0.2, -0.15) is 0 Å². The summed E-state index contributed by atoms with van der Waals surface area (Å²) in [5.74, 6) is -0.258. The van der Waals surface area contributed by atoms with E-state index in [1.807, 2.05) is 0 Å². The number of ketones is 1. The largest absolute Gasteiger partial charge is 0.298 e. The average molecular weight is 489 g/mol. The van der Waals surface area contributed by atoms with E-state index in [1.54, 1.807) is 0 Å². The molecule has 0 aromatic heterocycles. The molecule has 6 aromatic rings. The van der Waals surface area contributed by atoms with E-state index in [1.165, 1.54) is 76.8 Å². The van der Waals surface area contributed by atoms with Gasteiger partial charge in [-0.1, -0.05) is 91.0 Å². The summed E-state index contributed by atoms with van der Waals surface area (Å²) in [5, 5.41) is 7.44. The van der Waals surface area contributed by atoms with Crippen molar-refractivity contribution in [2.75, 3.05) is 0 Å². The quantitative estimate of drug-likeness (QED) is 0.226. The SMILES string of the molecule is Cc1cc(C)c2c(C)cc3c4c2c1C(c1cccc2ccccc12)C(=O)C4c1c(ccc2ccccc12)C3. The number of hydrogen-bond acceptors (Lipinski definition) is 1. The van der Waals surface area contributed by atoms with Gasteiger partial charge in [0.2, 0.25) is 0 Å². The predicted molar refractivity (Wildman–Crippen MR) is 158 cm³/mol. The molecule has 2 atom stereocenters. The van der Waals surface area contributed by atoms with Crippen molar-refractivity contribution in [3.8, 4) is 0 Å². The first kappa shape index (κ1) is 21.8. The zero-order valence-electron chi connectivity index (χ0n) is 21.9. The highest BCUT2D eigenvalue weighted by Gasteiger charge is 2.44. The lowest BCUT2D eigenvalue weighted by molar-refractivity contribution is -0.120. The van der Waals surface area contributed by atoms with Gasteiger partial charge in [0.1, 0.15) is 0 Å². The van der Waals surface area contributed by atoms with Gasteiger partial charge < -0.3 is 0 Å². The Kier molecular flexibility index (Phi) is 4.39. The fraction of sp³-hybridized carbons (Fsp3) is 0.162. The van der Waals surface area contributed by atoms with Crippen LogP contribution in [-0.4, -0.2) is 5.78 Å². The van der Waals surface area contributed by atoms with E-state index in [-0.39, 0.29) is 11.8 Å². The summed E-state index contributed by atoms with van der Waals surface area (Å²) in [6.45, 7) is 6.68. The number of Topliss-reactive ketones (excluding diaryl/α,β-unsaturated/α-hetero) is 1. The third-order valence-corrected chi connectivity index (χ3v) is 9.18. The molecule has 1 nitrogen and oxygen atoms in total. The second-order valence-electron chi connectivity index (χ2n) is 11.3. The standard InChI is InChI=1S/C37H28O/c1-20-17-21(2)31-34(29-14-8-11-23-9-4-6-12-27(23)29)37(38)36-32-25(16-15-24-10-5-7-13-28(24)32)19-26-18-22(3)30(20)35(31)33(26)36/h4-18,34,36H,19H2,1-3H3. The first-order valence-electron chi connectivity index (χ1n) is 13.6. The van der Waals surface area contributed by atoms with Gasteiger partial charge in [0.05, 0.1) is 11.8 Å². The minimum atomic E-state index is -0.304. The van der Waals surface area contributed by atoms with E-state index in [0.717, 1.165) is 12.0 Å². The molecule has 38 heavy (non-hydrogen) atoms. The molecular formula is C37H28O. The fourth-order valence-corrected chi connectivity index (χ4v) is 7.80. The van der Waals surface area contributed by atoms with Crippen LogP contribution in [0.15, 0.2) is 91.0 Å². The lowest BCUT2D eigenvalue weighted by atomic mass is 9.62. The van der Waals surface area contributed by atoms with Crippen molar-refractivity contribution in [3.05, 3.63) is 141 Å². The second kappa shape index (κ2) is 7.65. The molecule has 8 rings (SSSR count). The van der Waals surface area contributed by atoms with Crippen LogP contribution in [0.25, 0.3) is 32.3 Å². The van der Waals surface area contributed by atoms with Crippen LogP contribution >= 0.6 is 0 Å². The summed E-state index contributed by atoms with van der Waals surface area (Å²) in [4.78, 5) is 15.1. The van der Waals surface area contributed by atoms with Crippen LogP contribution in [-0.2, 0) is 11.2 Å². The van der Waals surface area contributed by atoms with Crippen molar-refractivity contribution >= 4 is 38.1 Å². The van der Waals surface area contributed by atoms with Gasteiger partial charge >= 0.3 is 0 Å². The number of benzene rings is 6. The Bertz CT molecular complexity index is 1990. The van der Waals surface area contributed by atoms with Gasteiger partial charge in [-0.05, 0) is 110 Å². The van der Waals surface area contributed by atoms with Gasteiger partial charge in [0.25, 0.3) is 0 Å². The maximum absolute atomic E-state index is 15.1. The zero-order valence-corrected chi connectivity index (χ0v) is 21.9. The van der Waals surface area contributed by atoms with Crippen LogP contribution < -0.4 is 0 Å². The maximum atomic E-state index is 15.1. The number of carbonyl (C=O) groups excluding carboxylic acids is 1. The summed E-state index contributed by atoms with van der Waals surface area (Å²) >= 11 is 0. The van der Waals surface area contributed by atoms with Crippen LogP contribution in [0.3, 0.4) is 0 Å². The fourth-order valence-electron chi connectivity index (χ4n) is 7.80. The van der Waals surface area contributed by atoms with Gasteiger partial charge in [0, 0.05) is 0 Å². The van der Waals surface area contributed by atoms with Crippen molar-refractivity contribution in [2.45, 2.75) is 39.0 Å². The lowest BCUT2D eigenvalue weighted by Crippen LogP contribution is -2.32. The summed E-state index contributed by atoms with van der Waals surface area (Å²) in [6.07, 6.45) is 0.876. The van der Waals surface area contributed by atoms with Gasteiger partial charge in [0.15, 0.2) is 5.78 Å². The van der Waals surface area contributed by atoms with Crippen LogP contribution in [0.4, 0.5) is 0 Å². The van der Waals surface area contributed by atoms with Crippen LogP contribution in [0.1, 0.15) is 61.9 Å². The Morgan fingerprint density at radius 3 is 2.05 bits per heavy atom. The number of carbonyl (C=O) groups is 1. The minimum Gasteiger partial charge on any atom is -0.298 e. The molecule has 0 saturated heterocycles. The van der Waals surface area contributed by atoms with Crippen molar-refractivity contribution < 1.29 is 4.79 Å². The Labute approximate surface area is 222 Å². The molecule has 2 aliphatic carbocycles. The van der Waals surface area contributed by atoms with Gasteiger partial charge in [-0.3, -0.25) is 4.79 Å². The summed E-state index contributed by atoms with van der Waals surface area (Å²) in [7, 11) is 0. The lowest BCUT2D eigenvalue weighted by Gasteiger charge is -2.39. The molecule has 2 unspecified atom stereocenters. The highest BCUT2D eigenvalue weighted by molar-refractivity contribution is 6.14. The third kappa shape index (κ3) is 2.74. The van der Waals surface area contributed by atoms with Crippen molar-refractivity contribution in [3.63, 3.8) is 0 Å². The van der Waals surface area contributed by atoms with E-state index in [9.17, 15) is 0 Å². The number of aryl methyl sites for hydroxylation is 3. The molecule has 0 N–H and O–H groups in total. The Morgan fingerprint density at radius 2 is 1.24 bits per heavy atom. The second-order valence-corrected chi connectivity index (χ2v) is 11.3. The highest BCUT2D eigenvalue weighted by Crippen LogP contribution is 2.54. The van der Waals surface area contributed by atoms with Crippen molar-refractivity contribution in [1.82, 2.24) is 0 Å². The van der Waals surface area contributed by atoms with Crippen molar-refractivity contribution in [2.24, 2.45) is 0 Å². The van der Waals surface area contributed by atoms with E-state index < -0.39 is 0 Å². The predicted octanol–water partition coefficient (Wildman–Crippen LogP) is 8.82. The molecule has 6 aromatic carbocycles. The zero-order chi connectivity index (χ0) is 25.7. The van der Waals surface area contributed by atoms with Crippen LogP contribution in [0.2, 0.25) is 0 Å². The molecule has 0 bridgehead atoms. The van der Waals surface area contributed by atoms with E-state index >= 15 is 4.79 Å². The molecule has 0 spiro atoms. The molecule has 0 heterocycles. The maximum Gasteiger partial charge on any atom is 0.156 e. The smallest absolute Gasteiger partial charge is 0.156 e. The number of rotatable bonds is 1. The molecule has 0 aliphatic heterocycles. The Morgan fingerprint density at radius 1 is 0.553 bits per heavy atom. The molecule has 1 heteroatoms. The molecule has 182 valence electrons. The molecule has 0 amide bonds. The number of fused-ring (bicyclic) bond motifs is 5. The highest BCUT2D eigenvalue weighted by atomic mass is 16.1.